The van der Waals surface area contributed by atoms with Gasteiger partial charge in [-0.3, -0.25) is 0 Å². The van der Waals surface area contributed by atoms with Crippen molar-refractivity contribution in [3.63, 3.8) is 0 Å². The lowest BCUT2D eigenvalue weighted by atomic mass is 9.96. The van der Waals surface area contributed by atoms with Crippen LogP contribution in [-0.4, -0.2) is 10.2 Å². The second-order valence-corrected chi connectivity index (χ2v) is 4.33. The summed E-state index contributed by atoms with van der Waals surface area (Å²) in [5, 5.41) is 17.5. The van der Waals surface area contributed by atoms with Gasteiger partial charge in [0.25, 0.3) is 0 Å². The van der Waals surface area contributed by atoms with E-state index in [-0.39, 0.29) is 0 Å². The van der Waals surface area contributed by atoms with Gasteiger partial charge in [-0.15, -0.1) is 5.10 Å². The molecular weight excluding hydrogens is 246 g/mol. The Morgan fingerprint density at radius 1 is 0.800 bits per heavy atom. The van der Waals surface area contributed by atoms with Crippen molar-refractivity contribution in [1.29, 1.82) is 5.26 Å². The molecule has 0 aliphatic rings. The molecule has 0 bridgehead atoms. The summed E-state index contributed by atoms with van der Waals surface area (Å²) in [5.41, 5.74) is 4.02. The molecule has 0 amide bonds. The van der Waals surface area contributed by atoms with Gasteiger partial charge in [0.15, 0.2) is 0 Å². The van der Waals surface area contributed by atoms with Gasteiger partial charge in [-0.25, -0.2) is 0 Å². The lowest BCUT2D eigenvalue weighted by Crippen LogP contribution is -1.95. The average molecular weight is 257 g/mol. The van der Waals surface area contributed by atoms with Crippen LogP contribution in [0.25, 0.3) is 22.4 Å². The number of rotatable bonds is 2. The molecule has 0 spiro atoms. The number of nitrogens with zero attached hydrogens (tertiary/aromatic N) is 3. The van der Waals surface area contributed by atoms with Gasteiger partial charge in [0.05, 0.1) is 11.8 Å². The van der Waals surface area contributed by atoms with Crippen molar-refractivity contribution >= 4 is 0 Å². The molecule has 3 nitrogen and oxygen atoms in total. The molecule has 1 aromatic heterocycles. The second kappa shape index (κ2) is 5.33. The van der Waals surface area contributed by atoms with Crippen molar-refractivity contribution in [2.45, 2.75) is 0 Å². The number of nitriles is 1. The molecule has 0 atom stereocenters. The molecule has 3 aromatic rings. The van der Waals surface area contributed by atoms with Crippen LogP contribution in [0.5, 0.6) is 0 Å². The monoisotopic (exact) mass is 257 g/mol. The zero-order chi connectivity index (χ0) is 13.8. The van der Waals surface area contributed by atoms with Crippen LogP contribution in [0, 0.1) is 11.3 Å². The van der Waals surface area contributed by atoms with E-state index in [1.807, 2.05) is 60.7 Å². The van der Waals surface area contributed by atoms with Gasteiger partial charge in [-0.05, 0) is 5.56 Å². The highest BCUT2D eigenvalue weighted by Crippen LogP contribution is 2.32. The Morgan fingerprint density at radius 3 is 2.00 bits per heavy atom. The predicted octanol–water partition coefficient (Wildman–Crippen LogP) is 3.68. The fraction of sp³-hybridized carbons (Fsp3) is 0. The first kappa shape index (κ1) is 12.1. The Balaban J connectivity index is 2.30. The molecule has 1 heterocycles. The van der Waals surface area contributed by atoms with Crippen LogP contribution in [0.3, 0.4) is 0 Å². The van der Waals surface area contributed by atoms with Gasteiger partial charge in [-0.2, -0.15) is 10.4 Å². The molecule has 2 aromatic carbocycles. The summed E-state index contributed by atoms with van der Waals surface area (Å²) in [5.74, 6) is 0. The summed E-state index contributed by atoms with van der Waals surface area (Å²) in [6.07, 6.45) is 1.51. The highest BCUT2D eigenvalue weighted by atomic mass is 15.1. The Labute approximate surface area is 117 Å². The lowest BCUT2D eigenvalue weighted by molar-refractivity contribution is 1.03. The molecule has 3 rings (SSSR count). The molecule has 0 radical (unpaired) electrons. The van der Waals surface area contributed by atoms with E-state index in [2.05, 4.69) is 16.3 Å². The van der Waals surface area contributed by atoms with E-state index < -0.39 is 0 Å². The van der Waals surface area contributed by atoms with Crippen molar-refractivity contribution in [3.8, 4) is 28.5 Å². The first-order valence-corrected chi connectivity index (χ1v) is 6.27. The summed E-state index contributed by atoms with van der Waals surface area (Å²) < 4.78 is 0. The lowest BCUT2D eigenvalue weighted by Gasteiger charge is -2.09. The molecule has 94 valence electrons. The van der Waals surface area contributed by atoms with E-state index in [9.17, 15) is 5.26 Å². The Bertz CT molecular complexity index is 759. The number of hydrogen-bond acceptors (Lipinski definition) is 3. The minimum absolute atomic E-state index is 0.532. The standard InChI is InChI=1S/C17H11N3/c18-11-15-12-19-20-17(14-9-5-2-6-10-14)16(15)13-7-3-1-4-8-13/h1-10,12H. The van der Waals surface area contributed by atoms with Gasteiger partial charge in [-0.1, -0.05) is 60.7 Å². The van der Waals surface area contributed by atoms with E-state index in [0.717, 1.165) is 22.4 Å². The van der Waals surface area contributed by atoms with Crippen LogP contribution >= 0.6 is 0 Å². The quantitative estimate of drug-likeness (QED) is 0.703. The van der Waals surface area contributed by atoms with Crippen LogP contribution in [0.4, 0.5) is 0 Å². The smallest absolute Gasteiger partial charge is 0.102 e. The molecule has 0 N–H and O–H groups in total. The Morgan fingerprint density at radius 2 is 1.40 bits per heavy atom. The fourth-order valence-corrected chi connectivity index (χ4v) is 2.17. The van der Waals surface area contributed by atoms with Crippen LogP contribution in [-0.2, 0) is 0 Å². The fourth-order valence-electron chi connectivity index (χ4n) is 2.17. The van der Waals surface area contributed by atoms with Gasteiger partial charge < -0.3 is 0 Å². The van der Waals surface area contributed by atoms with Crippen molar-refractivity contribution in [2.75, 3.05) is 0 Å². The van der Waals surface area contributed by atoms with Gasteiger partial charge in [0, 0.05) is 11.1 Å². The first-order valence-electron chi connectivity index (χ1n) is 6.27. The van der Waals surface area contributed by atoms with E-state index >= 15 is 0 Å². The van der Waals surface area contributed by atoms with Crippen LogP contribution in [0.1, 0.15) is 5.56 Å². The summed E-state index contributed by atoms with van der Waals surface area (Å²) in [7, 11) is 0. The SMILES string of the molecule is N#Cc1cnnc(-c2ccccc2)c1-c1ccccc1. The van der Waals surface area contributed by atoms with E-state index in [4.69, 9.17) is 0 Å². The highest BCUT2D eigenvalue weighted by Gasteiger charge is 2.14. The number of aromatic nitrogens is 2. The van der Waals surface area contributed by atoms with Crippen molar-refractivity contribution in [3.05, 3.63) is 72.4 Å². The second-order valence-electron chi connectivity index (χ2n) is 4.33. The first-order chi connectivity index (χ1) is 9.90. The Hall–Kier alpha value is -2.99. The molecule has 0 saturated carbocycles. The van der Waals surface area contributed by atoms with Gasteiger partial charge in [0.2, 0.25) is 0 Å². The molecular formula is C17H11N3. The van der Waals surface area contributed by atoms with Gasteiger partial charge in [0.1, 0.15) is 11.8 Å². The number of benzene rings is 2. The molecule has 20 heavy (non-hydrogen) atoms. The third kappa shape index (κ3) is 2.15. The normalized spacial score (nSPS) is 9.95. The third-order valence-corrected chi connectivity index (χ3v) is 3.08. The molecule has 0 saturated heterocycles. The Kier molecular flexibility index (Phi) is 3.22. The zero-order valence-corrected chi connectivity index (χ0v) is 10.7. The van der Waals surface area contributed by atoms with Crippen molar-refractivity contribution in [2.24, 2.45) is 0 Å². The molecule has 0 aliphatic heterocycles. The maximum atomic E-state index is 9.33. The molecule has 0 fully saturated rings. The maximum Gasteiger partial charge on any atom is 0.102 e. The van der Waals surface area contributed by atoms with Crippen LogP contribution in [0.2, 0.25) is 0 Å². The topological polar surface area (TPSA) is 49.6 Å². The van der Waals surface area contributed by atoms with Crippen molar-refractivity contribution < 1.29 is 0 Å². The summed E-state index contributed by atoms with van der Waals surface area (Å²) in [6, 6.07) is 21.8. The predicted molar refractivity (Wildman–Crippen MR) is 77.6 cm³/mol. The minimum atomic E-state index is 0.532. The maximum absolute atomic E-state index is 9.33. The van der Waals surface area contributed by atoms with Crippen molar-refractivity contribution in [1.82, 2.24) is 10.2 Å². The van der Waals surface area contributed by atoms with E-state index in [1.165, 1.54) is 6.20 Å². The molecule has 3 heteroatoms. The van der Waals surface area contributed by atoms with Crippen LogP contribution < -0.4 is 0 Å². The summed E-state index contributed by atoms with van der Waals surface area (Å²) in [4.78, 5) is 0. The summed E-state index contributed by atoms with van der Waals surface area (Å²) in [6.45, 7) is 0. The number of hydrogen-bond donors (Lipinski definition) is 0. The van der Waals surface area contributed by atoms with Gasteiger partial charge >= 0.3 is 0 Å². The van der Waals surface area contributed by atoms with E-state index in [1.54, 1.807) is 0 Å². The molecule has 0 aliphatic carbocycles. The average Bonchev–Trinajstić information content (AvgIpc) is 2.55. The van der Waals surface area contributed by atoms with E-state index in [0.29, 0.717) is 5.56 Å². The zero-order valence-electron chi connectivity index (χ0n) is 10.7. The third-order valence-electron chi connectivity index (χ3n) is 3.08. The summed E-state index contributed by atoms with van der Waals surface area (Å²) >= 11 is 0. The van der Waals surface area contributed by atoms with Crippen LogP contribution in [0.15, 0.2) is 66.9 Å². The minimum Gasteiger partial charge on any atom is -0.192 e. The molecule has 0 unspecified atom stereocenters. The largest absolute Gasteiger partial charge is 0.192 e. The highest BCUT2D eigenvalue weighted by molar-refractivity contribution is 5.84.